The largest absolute Gasteiger partial charge is 0.370 e. The van der Waals surface area contributed by atoms with Gasteiger partial charge in [-0.05, 0) is 19.4 Å². The van der Waals surface area contributed by atoms with E-state index >= 15 is 0 Å². The number of aromatic nitrogens is 3. The summed E-state index contributed by atoms with van der Waals surface area (Å²) in [6.45, 7) is 4.60. The third-order valence-corrected chi connectivity index (χ3v) is 4.68. The molecule has 9 heteroatoms. The summed E-state index contributed by atoms with van der Waals surface area (Å²) in [5.41, 5.74) is 6.09. The van der Waals surface area contributed by atoms with Gasteiger partial charge in [0, 0.05) is 36.8 Å². The van der Waals surface area contributed by atoms with Crippen molar-refractivity contribution >= 4 is 23.4 Å². The topological polar surface area (TPSA) is 117 Å². The zero-order valence-electron chi connectivity index (χ0n) is 13.5. The van der Waals surface area contributed by atoms with Crippen LogP contribution in [0, 0.1) is 10.1 Å². The number of non-ortho nitro benzene ring substituents is 1. The molecule has 0 bridgehead atoms. The van der Waals surface area contributed by atoms with Gasteiger partial charge >= 0.3 is 0 Å². The number of nitro benzene ring substituents is 1. The van der Waals surface area contributed by atoms with Crippen LogP contribution in [0.3, 0.4) is 0 Å². The molecule has 128 valence electrons. The highest BCUT2D eigenvalue weighted by Crippen LogP contribution is 2.35. The Morgan fingerprint density at radius 1 is 1.46 bits per heavy atom. The third-order valence-electron chi connectivity index (χ3n) is 3.54. The van der Waals surface area contributed by atoms with Gasteiger partial charge in [-0.1, -0.05) is 23.9 Å². The van der Waals surface area contributed by atoms with Crippen LogP contribution in [-0.2, 0) is 17.8 Å². The molecule has 1 atom stereocenters. The molecular formula is C15H19N5O3S. The number of nitro groups is 1. The Morgan fingerprint density at radius 3 is 2.83 bits per heavy atom. The second-order valence-corrected chi connectivity index (χ2v) is 6.53. The van der Waals surface area contributed by atoms with E-state index in [9.17, 15) is 14.9 Å². The molecule has 24 heavy (non-hydrogen) atoms. The minimum absolute atomic E-state index is 0.0246. The fourth-order valence-corrected chi connectivity index (χ4v) is 3.31. The molecule has 0 unspecified atom stereocenters. The van der Waals surface area contributed by atoms with Crippen molar-refractivity contribution in [2.75, 3.05) is 0 Å². The number of thioether (sulfide) groups is 1. The van der Waals surface area contributed by atoms with Gasteiger partial charge in [-0.15, -0.1) is 10.2 Å². The Hall–Kier alpha value is -2.42. The maximum Gasteiger partial charge on any atom is 0.269 e. The summed E-state index contributed by atoms with van der Waals surface area (Å²) in [7, 11) is 0. The molecule has 0 aliphatic rings. The van der Waals surface area contributed by atoms with Crippen LogP contribution in [0.2, 0.25) is 0 Å². The standard InChI is InChI=1S/C15H19N5O3S/c1-3-19-14(8-7-13(16)21)17-18-15(19)24-10(2)11-5-4-6-12(9-11)20(22)23/h4-6,9-10H,3,7-8H2,1-2H3,(H2,16,21)/t10-/m0/s1. The van der Waals surface area contributed by atoms with Crippen LogP contribution in [-0.4, -0.2) is 25.6 Å². The van der Waals surface area contributed by atoms with Crippen LogP contribution in [0.4, 0.5) is 5.69 Å². The first-order valence-corrected chi connectivity index (χ1v) is 8.41. The predicted molar refractivity (Wildman–Crippen MR) is 90.6 cm³/mol. The molecule has 0 aliphatic carbocycles. The van der Waals surface area contributed by atoms with Gasteiger partial charge in [0.25, 0.3) is 5.69 Å². The first-order chi connectivity index (χ1) is 11.4. The summed E-state index contributed by atoms with van der Waals surface area (Å²) in [4.78, 5) is 21.4. The zero-order valence-corrected chi connectivity index (χ0v) is 14.3. The number of aryl methyl sites for hydroxylation is 1. The number of hydrogen-bond donors (Lipinski definition) is 1. The average Bonchev–Trinajstić information content (AvgIpc) is 2.94. The number of rotatable bonds is 8. The van der Waals surface area contributed by atoms with Crippen LogP contribution < -0.4 is 5.73 Å². The number of nitrogens with zero attached hydrogens (tertiary/aromatic N) is 4. The predicted octanol–water partition coefficient (Wildman–Crippen LogP) is 2.48. The van der Waals surface area contributed by atoms with E-state index in [0.717, 1.165) is 10.7 Å². The molecule has 2 aromatic rings. The van der Waals surface area contributed by atoms with E-state index in [1.54, 1.807) is 12.1 Å². The molecule has 2 N–H and O–H groups in total. The Bertz CT molecular complexity index is 746. The normalized spacial score (nSPS) is 12.1. The summed E-state index contributed by atoms with van der Waals surface area (Å²) < 4.78 is 1.93. The highest BCUT2D eigenvalue weighted by atomic mass is 32.2. The Kier molecular flexibility index (Phi) is 5.91. The van der Waals surface area contributed by atoms with E-state index in [1.165, 1.54) is 17.8 Å². The summed E-state index contributed by atoms with van der Waals surface area (Å²) >= 11 is 1.47. The molecule has 0 saturated heterocycles. The van der Waals surface area contributed by atoms with Crippen LogP contribution in [0.15, 0.2) is 29.4 Å². The van der Waals surface area contributed by atoms with Gasteiger partial charge < -0.3 is 10.3 Å². The minimum Gasteiger partial charge on any atom is -0.370 e. The molecule has 0 aliphatic heterocycles. The molecule has 0 spiro atoms. The smallest absolute Gasteiger partial charge is 0.269 e. The van der Waals surface area contributed by atoms with Crippen molar-refractivity contribution in [1.82, 2.24) is 14.8 Å². The summed E-state index contributed by atoms with van der Waals surface area (Å²) in [6.07, 6.45) is 0.672. The summed E-state index contributed by atoms with van der Waals surface area (Å²) in [5, 5.41) is 19.9. The zero-order chi connectivity index (χ0) is 17.7. The quantitative estimate of drug-likeness (QED) is 0.444. The molecule has 1 aromatic carbocycles. The van der Waals surface area contributed by atoms with Crippen molar-refractivity contribution in [2.24, 2.45) is 5.73 Å². The van der Waals surface area contributed by atoms with Crippen molar-refractivity contribution in [3.8, 4) is 0 Å². The summed E-state index contributed by atoms with van der Waals surface area (Å²) in [6, 6.07) is 6.56. The number of carbonyl (C=O) groups is 1. The summed E-state index contributed by atoms with van der Waals surface area (Å²) in [5.74, 6) is 0.338. The number of primary amides is 1. The fourth-order valence-electron chi connectivity index (χ4n) is 2.26. The molecule has 1 heterocycles. The van der Waals surface area contributed by atoms with Crippen molar-refractivity contribution < 1.29 is 9.72 Å². The fraction of sp³-hybridized carbons (Fsp3) is 0.400. The van der Waals surface area contributed by atoms with Crippen molar-refractivity contribution in [3.05, 3.63) is 45.8 Å². The highest BCUT2D eigenvalue weighted by Gasteiger charge is 2.17. The number of nitrogens with two attached hydrogens (primary N) is 1. The van der Waals surface area contributed by atoms with Crippen LogP contribution in [0.25, 0.3) is 0 Å². The lowest BCUT2D eigenvalue weighted by atomic mass is 10.1. The van der Waals surface area contributed by atoms with E-state index in [1.807, 2.05) is 24.5 Å². The first kappa shape index (κ1) is 17.9. The van der Waals surface area contributed by atoms with Gasteiger partial charge in [0.1, 0.15) is 5.82 Å². The van der Waals surface area contributed by atoms with E-state index in [0.29, 0.717) is 18.8 Å². The number of benzene rings is 1. The Balaban J connectivity index is 2.16. The van der Waals surface area contributed by atoms with Crippen molar-refractivity contribution in [1.29, 1.82) is 0 Å². The van der Waals surface area contributed by atoms with Gasteiger partial charge in [-0.2, -0.15) is 0 Å². The Labute approximate surface area is 143 Å². The monoisotopic (exact) mass is 349 g/mol. The molecule has 1 aromatic heterocycles. The van der Waals surface area contributed by atoms with Crippen LogP contribution in [0.1, 0.15) is 36.9 Å². The number of carbonyl (C=O) groups excluding carboxylic acids is 1. The molecule has 0 radical (unpaired) electrons. The molecule has 0 saturated carbocycles. The van der Waals surface area contributed by atoms with Gasteiger partial charge in [0.2, 0.25) is 5.91 Å². The first-order valence-electron chi connectivity index (χ1n) is 7.53. The second-order valence-electron chi connectivity index (χ2n) is 5.22. The van der Waals surface area contributed by atoms with Crippen molar-refractivity contribution in [2.45, 2.75) is 43.6 Å². The Morgan fingerprint density at radius 2 is 2.21 bits per heavy atom. The van der Waals surface area contributed by atoms with E-state index in [-0.39, 0.29) is 23.3 Å². The lowest BCUT2D eigenvalue weighted by molar-refractivity contribution is -0.384. The average molecular weight is 349 g/mol. The van der Waals surface area contributed by atoms with Crippen LogP contribution in [0.5, 0.6) is 0 Å². The highest BCUT2D eigenvalue weighted by molar-refractivity contribution is 7.99. The maximum atomic E-state index is 10.9. The van der Waals surface area contributed by atoms with Crippen molar-refractivity contribution in [3.63, 3.8) is 0 Å². The molecule has 8 nitrogen and oxygen atoms in total. The third kappa shape index (κ3) is 4.31. The van der Waals surface area contributed by atoms with Crippen LogP contribution >= 0.6 is 11.8 Å². The number of amides is 1. The van der Waals surface area contributed by atoms with E-state index in [4.69, 9.17) is 5.73 Å². The minimum atomic E-state index is -0.405. The van der Waals surface area contributed by atoms with Gasteiger partial charge in [0.05, 0.1) is 4.92 Å². The number of hydrogen-bond acceptors (Lipinski definition) is 6. The van der Waals surface area contributed by atoms with E-state index in [2.05, 4.69) is 10.2 Å². The molecular weight excluding hydrogens is 330 g/mol. The lowest BCUT2D eigenvalue weighted by Crippen LogP contribution is -2.13. The lowest BCUT2D eigenvalue weighted by Gasteiger charge is -2.12. The van der Waals surface area contributed by atoms with Gasteiger partial charge in [-0.3, -0.25) is 14.9 Å². The van der Waals surface area contributed by atoms with E-state index < -0.39 is 4.92 Å². The van der Waals surface area contributed by atoms with Gasteiger partial charge in [-0.25, -0.2) is 0 Å². The molecule has 1 amide bonds. The molecule has 0 fully saturated rings. The SMILES string of the molecule is CCn1c(CCC(N)=O)nnc1S[C@@H](C)c1cccc([N+](=O)[O-])c1. The van der Waals surface area contributed by atoms with Gasteiger partial charge in [0.15, 0.2) is 5.16 Å². The second kappa shape index (κ2) is 7.91. The molecule has 2 rings (SSSR count). The maximum absolute atomic E-state index is 10.9.